The maximum atomic E-state index is 7.02. The number of aromatic nitrogens is 1. The molecule has 0 amide bonds. The molecule has 1 unspecified atom stereocenters. The topological polar surface area (TPSA) is 74.8 Å². The zero-order valence-corrected chi connectivity index (χ0v) is 13.9. The number of nitrogens with zero attached hydrogens (tertiary/aromatic N) is 1. The molecule has 0 aliphatic heterocycles. The van der Waals surface area contributed by atoms with Crippen LogP contribution in [0.25, 0.3) is 0 Å². The van der Waals surface area contributed by atoms with E-state index >= 15 is 0 Å². The number of hydrogen-bond donors (Lipinski definition) is 3. The van der Waals surface area contributed by atoms with Crippen LogP contribution in [-0.4, -0.2) is 27.2 Å². The first-order chi connectivity index (χ1) is 8.58. The van der Waals surface area contributed by atoms with Crippen LogP contribution in [-0.2, 0) is 6.42 Å². The van der Waals surface area contributed by atoms with Gasteiger partial charge in [-0.2, -0.15) is 0 Å². The van der Waals surface area contributed by atoms with Crippen LogP contribution in [0.5, 0.6) is 0 Å². The zero-order valence-electron chi connectivity index (χ0n) is 10.1. The summed E-state index contributed by atoms with van der Waals surface area (Å²) in [5.74, 6) is 0.913. The molecule has 0 aliphatic carbocycles. The lowest BCUT2D eigenvalue weighted by Gasteiger charge is -2.06. The molecule has 18 heavy (non-hydrogen) atoms. The Bertz CT molecular complexity index is 387. The van der Waals surface area contributed by atoms with Gasteiger partial charge in [0.05, 0.1) is 0 Å². The standard InChI is InChI=1S/C11H17IN4S2/c1-8(12)7-9-3-2-4-10(16-9)18-17-6-5-15-11(13)14/h2-4,8H,5-7H2,1H3,(H4,13,14,15). The molecule has 4 N–H and O–H groups in total. The van der Waals surface area contributed by atoms with E-state index in [1.165, 1.54) is 0 Å². The third kappa shape index (κ3) is 7.32. The van der Waals surface area contributed by atoms with Crippen LogP contribution in [0.1, 0.15) is 12.6 Å². The van der Waals surface area contributed by atoms with Crippen LogP contribution in [0, 0.1) is 5.41 Å². The van der Waals surface area contributed by atoms with Gasteiger partial charge in [-0.05, 0) is 22.9 Å². The molecule has 7 heteroatoms. The van der Waals surface area contributed by atoms with Crippen LogP contribution in [0.4, 0.5) is 0 Å². The zero-order chi connectivity index (χ0) is 13.4. The van der Waals surface area contributed by atoms with E-state index in [-0.39, 0.29) is 5.96 Å². The van der Waals surface area contributed by atoms with Crippen molar-refractivity contribution in [1.82, 2.24) is 10.3 Å². The molecule has 0 aliphatic rings. The van der Waals surface area contributed by atoms with Crippen LogP contribution < -0.4 is 11.1 Å². The minimum Gasteiger partial charge on any atom is -0.370 e. The summed E-state index contributed by atoms with van der Waals surface area (Å²) in [5.41, 5.74) is 6.34. The normalized spacial score (nSPS) is 12.1. The molecule has 1 atom stereocenters. The molecule has 1 heterocycles. The number of guanidine groups is 1. The van der Waals surface area contributed by atoms with E-state index in [9.17, 15) is 0 Å². The second kappa shape index (κ2) is 8.87. The summed E-state index contributed by atoms with van der Waals surface area (Å²) >= 11 is 2.41. The number of alkyl halides is 1. The third-order valence-corrected chi connectivity index (χ3v) is 4.61. The maximum absolute atomic E-state index is 7.02. The number of nitrogens with one attached hydrogen (secondary N) is 2. The van der Waals surface area contributed by atoms with Crippen molar-refractivity contribution in [2.75, 3.05) is 12.3 Å². The number of halogens is 1. The van der Waals surface area contributed by atoms with Gasteiger partial charge in [0, 0.05) is 28.3 Å². The number of pyridine rings is 1. The van der Waals surface area contributed by atoms with Crippen molar-refractivity contribution >= 4 is 50.1 Å². The molecule has 0 saturated carbocycles. The molecule has 0 saturated heterocycles. The second-order valence-corrected chi connectivity index (χ2v) is 8.26. The van der Waals surface area contributed by atoms with E-state index in [0.29, 0.717) is 10.5 Å². The van der Waals surface area contributed by atoms with E-state index in [4.69, 9.17) is 11.1 Å². The molecule has 0 fully saturated rings. The highest BCUT2D eigenvalue weighted by Crippen LogP contribution is 2.29. The first kappa shape index (κ1) is 15.9. The predicted molar refractivity (Wildman–Crippen MR) is 89.7 cm³/mol. The van der Waals surface area contributed by atoms with Crippen LogP contribution in [0.3, 0.4) is 0 Å². The number of hydrogen-bond acceptors (Lipinski definition) is 4. The highest BCUT2D eigenvalue weighted by atomic mass is 127. The molecular formula is C11H17IN4S2. The van der Waals surface area contributed by atoms with Gasteiger partial charge in [-0.1, -0.05) is 46.4 Å². The SMILES string of the molecule is CC(I)Cc1cccc(SSCCNC(=N)N)n1. The van der Waals surface area contributed by atoms with Gasteiger partial charge in [-0.15, -0.1) is 0 Å². The Morgan fingerprint density at radius 2 is 2.39 bits per heavy atom. The first-order valence-electron chi connectivity index (χ1n) is 5.55. The Labute approximate surface area is 129 Å². The predicted octanol–water partition coefficient (Wildman–Crippen LogP) is 2.67. The lowest BCUT2D eigenvalue weighted by atomic mass is 10.2. The van der Waals surface area contributed by atoms with E-state index < -0.39 is 0 Å². The summed E-state index contributed by atoms with van der Waals surface area (Å²) in [7, 11) is 3.38. The van der Waals surface area contributed by atoms with Gasteiger partial charge < -0.3 is 11.1 Å². The molecule has 0 aromatic carbocycles. The molecule has 100 valence electrons. The van der Waals surface area contributed by atoms with Gasteiger partial charge in [0.2, 0.25) is 0 Å². The Balaban J connectivity index is 2.31. The highest BCUT2D eigenvalue weighted by molar-refractivity contribution is 14.1. The third-order valence-electron chi connectivity index (χ3n) is 1.92. The Morgan fingerprint density at radius 1 is 1.61 bits per heavy atom. The monoisotopic (exact) mass is 396 g/mol. The largest absolute Gasteiger partial charge is 0.370 e. The fourth-order valence-electron chi connectivity index (χ4n) is 1.24. The summed E-state index contributed by atoms with van der Waals surface area (Å²) in [5, 5.41) is 10.8. The van der Waals surface area contributed by atoms with Crippen molar-refractivity contribution in [3.05, 3.63) is 23.9 Å². The molecule has 0 bridgehead atoms. The molecular weight excluding hydrogens is 379 g/mol. The molecule has 1 aromatic heterocycles. The van der Waals surface area contributed by atoms with Crippen LogP contribution in [0.15, 0.2) is 23.2 Å². The second-order valence-electron chi connectivity index (χ2n) is 3.70. The van der Waals surface area contributed by atoms with E-state index in [1.807, 2.05) is 6.07 Å². The highest BCUT2D eigenvalue weighted by Gasteiger charge is 2.02. The minimum atomic E-state index is 0.0248. The van der Waals surface area contributed by atoms with E-state index in [2.05, 4.69) is 51.9 Å². The smallest absolute Gasteiger partial charge is 0.185 e. The Morgan fingerprint density at radius 3 is 3.06 bits per heavy atom. The van der Waals surface area contributed by atoms with Gasteiger partial charge >= 0.3 is 0 Å². The van der Waals surface area contributed by atoms with Crippen molar-refractivity contribution in [3.8, 4) is 0 Å². The summed E-state index contributed by atoms with van der Waals surface area (Å²) in [6.45, 7) is 2.89. The summed E-state index contributed by atoms with van der Waals surface area (Å²) < 4.78 is 0.600. The van der Waals surface area contributed by atoms with E-state index in [0.717, 1.165) is 22.9 Å². The van der Waals surface area contributed by atoms with Crippen molar-refractivity contribution in [1.29, 1.82) is 5.41 Å². The molecule has 1 aromatic rings. The fraction of sp³-hybridized carbons (Fsp3) is 0.455. The van der Waals surface area contributed by atoms with Gasteiger partial charge in [0.25, 0.3) is 0 Å². The van der Waals surface area contributed by atoms with Crippen molar-refractivity contribution in [3.63, 3.8) is 0 Å². The molecule has 4 nitrogen and oxygen atoms in total. The molecule has 0 radical (unpaired) electrons. The van der Waals surface area contributed by atoms with Crippen molar-refractivity contribution in [2.45, 2.75) is 22.3 Å². The van der Waals surface area contributed by atoms with Gasteiger partial charge in [-0.3, -0.25) is 5.41 Å². The lowest BCUT2D eigenvalue weighted by molar-refractivity contribution is 0.899. The Hall–Kier alpha value is -0.150. The number of nitrogens with two attached hydrogens (primary N) is 1. The summed E-state index contributed by atoms with van der Waals surface area (Å²) in [4.78, 5) is 4.60. The van der Waals surface area contributed by atoms with Gasteiger partial charge in [0.15, 0.2) is 5.96 Å². The number of rotatable bonds is 7. The maximum Gasteiger partial charge on any atom is 0.185 e. The summed E-state index contributed by atoms with van der Waals surface area (Å²) in [6.07, 6.45) is 1.01. The average Bonchev–Trinajstić information content (AvgIpc) is 2.27. The van der Waals surface area contributed by atoms with Crippen LogP contribution >= 0.6 is 44.2 Å². The lowest BCUT2D eigenvalue weighted by Crippen LogP contribution is -2.31. The molecule has 0 spiro atoms. The Kier molecular flexibility index (Phi) is 7.84. The first-order valence-corrected chi connectivity index (χ1v) is 9.11. The fourth-order valence-corrected chi connectivity index (χ4v) is 3.51. The average molecular weight is 396 g/mol. The van der Waals surface area contributed by atoms with Crippen molar-refractivity contribution in [2.24, 2.45) is 5.73 Å². The van der Waals surface area contributed by atoms with Crippen LogP contribution in [0.2, 0.25) is 0 Å². The summed E-state index contributed by atoms with van der Waals surface area (Å²) in [6, 6.07) is 6.15. The van der Waals surface area contributed by atoms with Gasteiger partial charge in [-0.25, -0.2) is 4.98 Å². The minimum absolute atomic E-state index is 0.0248. The quantitative estimate of drug-likeness (QED) is 0.165. The van der Waals surface area contributed by atoms with Gasteiger partial charge in [0.1, 0.15) is 5.03 Å². The van der Waals surface area contributed by atoms with E-state index in [1.54, 1.807) is 21.6 Å². The molecule has 1 rings (SSSR count). The van der Waals surface area contributed by atoms with Crippen molar-refractivity contribution < 1.29 is 0 Å².